The third-order valence-electron chi connectivity index (χ3n) is 2.80. The number of hydrogen-bond donors (Lipinski definition) is 1. The molecule has 1 rings (SSSR count). The van der Waals surface area contributed by atoms with Crippen LogP contribution in [0, 0.1) is 0 Å². The van der Waals surface area contributed by atoms with Crippen LogP contribution in [0.2, 0.25) is 0 Å². The van der Waals surface area contributed by atoms with Gasteiger partial charge in [0.05, 0.1) is 12.9 Å². The molecule has 0 saturated carbocycles. The summed E-state index contributed by atoms with van der Waals surface area (Å²) in [6.07, 6.45) is 0. The van der Waals surface area contributed by atoms with E-state index in [0.29, 0.717) is 11.4 Å². The number of sulfonamides is 1. The zero-order valence-electron chi connectivity index (χ0n) is 12.1. The highest BCUT2D eigenvalue weighted by molar-refractivity contribution is 8.00. The van der Waals surface area contributed by atoms with E-state index >= 15 is 0 Å². The Bertz CT molecular complexity index is 575. The van der Waals surface area contributed by atoms with Crippen molar-refractivity contribution in [3.8, 4) is 0 Å². The van der Waals surface area contributed by atoms with Crippen molar-refractivity contribution in [2.45, 2.75) is 11.8 Å². The van der Waals surface area contributed by atoms with Crippen molar-refractivity contribution in [3.63, 3.8) is 0 Å². The minimum Gasteiger partial charge on any atom is -0.468 e. The number of nitrogens with zero attached hydrogens (tertiary/aromatic N) is 1. The van der Waals surface area contributed by atoms with Gasteiger partial charge in [-0.15, -0.1) is 11.8 Å². The van der Waals surface area contributed by atoms with E-state index in [-0.39, 0.29) is 18.8 Å². The molecular weight excluding hydrogens is 312 g/mol. The van der Waals surface area contributed by atoms with Crippen LogP contribution in [0.25, 0.3) is 0 Å². The molecule has 21 heavy (non-hydrogen) atoms. The summed E-state index contributed by atoms with van der Waals surface area (Å²) in [5.74, 6) is -0.259. The van der Waals surface area contributed by atoms with Gasteiger partial charge < -0.3 is 10.5 Å². The van der Waals surface area contributed by atoms with Crippen LogP contribution in [0.15, 0.2) is 29.2 Å². The lowest BCUT2D eigenvalue weighted by molar-refractivity contribution is -0.140. The predicted octanol–water partition coefficient (Wildman–Crippen LogP) is 1.19. The normalized spacial score (nSPS) is 11.6. The molecule has 0 aliphatic carbocycles. The van der Waals surface area contributed by atoms with Crippen LogP contribution in [0.1, 0.15) is 6.92 Å². The Morgan fingerprint density at radius 1 is 1.38 bits per heavy atom. The van der Waals surface area contributed by atoms with E-state index in [9.17, 15) is 13.2 Å². The third kappa shape index (κ3) is 5.56. The van der Waals surface area contributed by atoms with Crippen molar-refractivity contribution >= 4 is 33.4 Å². The zero-order chi connectivity index (χ0) is 15.9. The number of thioether (sulfide) groups is 1. The first-order valence-corrected chi connectivity index (χ1v) is 9.02. The van der Waals surface area contributed by atoms with Crippen molar-refractivity contribution < 1.29 is 17.9 Å². The Hall–Kier alpha value is -1.25. The highest BCUT2D eigenvalue weighted by atomic mass is 32.2. The van der Waals surface area contributed by atoms with Gasteiger partial charge in [-0.25, -0.2) is 8.42 Å². The van der Waals surface area contributed by atoms with Crippen molar-refractivity contribution in [2.75, 3.05) is 37.4 Å². The lowest BCUT2D eigenvalue weighted by atomic mass is 10.3. The summed E-state index contributed by atoms with van der Waals surface area (Å²) in [4.78, 5) is 12.1. The van der Waals surface area contributed by atoms with Crippen molar-refractivity contribution in [1.82, 2.24) is 4.31 Å². The smallest absolute Gasteiger partial charge is 0.321 e. The number of para-hydroxylation sites is 1. The number of carbonyl (C=O) groups excluding carboxylic acids is 1. The van der Waals surface area contributed by atoms with E-state index in [2.05, 4.69) is 4.74 Å². The van der Waals surface area contributed by atoms with Crippen molar-refractivity contribution in [1.29, 1.82) is 0 Å². The fourth-order valence-electron chi connectivity index (χ4n) is 1.61. The summed E-state index contributed by atoms with van der Waals surface area (Å²) < 4.78 is 29.9. The monoisotopic (exact) mass is 332 g/mol. The number of carbonyl (C=O) groups is 1. The number of methoxy groups -OCH3 is 1. The van der Waals surface area contributed by atoms with Gasteiger partial charge >= 0.3 is 5.97 Å². The Morgan fingerprint density at radius 2 is 2.05 bits per heavy atom. The molecular formula is C13H20N2O4S2. The van der Waals surface area contributed by atoms with E-state index in [1.807, 2.05) is 18.2 Å². The highest BCUT2D eigenvalue weighted by Gasteiger charge is 2.23. The molecule has 0 radical (unpaired) electrons. The average molecular weight is 332 g/mol. The number of anilines is 1. The third-order valence-corrected chi connectivity index (χ3v) is 6.04. The Balaban J connectivity index is 2.59. The molecule has 0 atom stereocenters. The lowest BCUT2D eigenvalue weighted by Crippen LogP contribution is -2.38. The first-order valence-electron chi connectivity index (χ1n) is 6.42. The molecule has 1 aromatic carbocycles. The molecule has 8 heteroatoms. The number of ether oxygens (including phenoxy) is 1. The second-order valence-corrected chi connectivity index (χ2v) is 7.43. The van der Waals surface area contributed by atoms with E-state index in [0.717, 1.165) is 9.20 Å². The molecule has 0 fully saturated rings. The van der Waals surface area contributed by atoms with Gasteiger partial charge in [0, 0.05) is 22.9 Å². The number of nitrogens with two attached hydrogens (primary N) is 1. The Labute approximate surface area is 129 Å². The standard InChI is InChI=1S/C13H20N2O4S2/c1-3-15(10-13(16)19-2)21(17,18)9-8-20-12-7-5-4-6-11(12)14/h4-7H,3,8-10,14H2,1-2H3. The highest BCUT2D eigenvalue weighted by Crippen LogP contribution is 2.24. The molecule has 118 valence electrons. The predicted molar refractivity (Wildman–Crippen MR) is 84.6 cm³/mol. The molecule has 1 aromatic rings. The van der Waals surface area contributed by atoms with Crippen LogP contribution >= 0.6 is 11.8 Å². The molecule has 2 N–H and O–H groups in total. The number of esters is 1. The summed E-state index contributed by atoms with van der Waals surface area (Å²) in [5.41, 5.74) is 6.43. The first kappa shape index (κ1) is 17.8. The number of hydrogen-bond acceptors (Lipinski definition) is 6. The average Bonchev–Trinajstić information content (AvgIpc) is 2.46. The summed E-state index contributed by atoms with van der Waals surface area (Å²) in [5, 5.41) is 0. The van der Waals surface area contributed by atoms with Crippen LogP contribution in [-0.2, 0) is 19.6 Å². The van der Waals surface area contributed by atoms with Gasteiger partial charge in [0.25, 0.3) is 0 Å². The van der Waals surface area contributed by atoms with Gasteiger partial charge in [0.15, 0.2) is 0 Å². The second-order valence-electron chi connectivity index (χ2n) is 4.20. The maximum Gasteiger partial charge on any atom is 0.321 e. The van der Waals surface area contributed by atoms with E-state index in [1.54, 1.807) is 13.0 Å². The van der Waals surface area contributed by atoms with Crippen molar-refractivity contribution in [3.05, 3.63) is 24.3 Å². The first-order chi connectivity index (χ1) is 9.90. The molecule has 0 bridgehead atoms. The van der Waals surface area contributed by atoms with Crippen molar-refractivity contribution in [2.24, 2.45) is 0 Å². The van der Waals surface area contributed by atoms with Crippen LogP contribution in [0.5, 0.6) is 0 Å². The topological polar surface area (TPSA) is 89.7 Å². The lowest BCUT2D eigenvalue weighted by Gasteiger charge is -2.19. The van der Waals surface area contributed by atoms with Gasteiger partial charge in [-0.1, -0.05) is 19.1 Å². The molecule has 0 spiro atoms. The number of nitrogen functional groups attached to an aromatic ring is 1. The van der Waals surface area contributed by atoms with E-state index in [1.165, 1.54) is 18.9 Å². The Morgan fingerprint density at radius 3 is 2.62 bits per heavy atom. The quantitative estimate of drug-likeness (QED) is 0.437. The minimum absolute atomic E-state index is 0.0587. The van der Waals surface area contributed by atoms with Crippen LogP contribution in [-0.4, -0.2) is 50.4 Å². The summed E-state index contributed by atoms with van der Waals surface area (Å²) in [6.45, 7) is 1.66. The van der Waals surface area contributed by atoms with Crippen LogP contribution < -0.4 is 5.73 Å². The molecule has 6 nitrogen and oxygen atoms in total. The molecule has 0 saturated heterocycles. The molecule has 0 aliphatic rings. The summed E-state index contributed by atoms with van der Waals surface area (Å²) in [7, 11) is -2.26. The van der Waals surface area contributed by atoms with E-state index in [4.69, 9.17) is 5.73 Å². The van der Waals surface area contributed by atoms with E-state index < -0.39 is 16.0 Å². The van der Waals surface area contributed by atoms with Gasteiger partial charge in [0.1, 0.15) is 6.54 Å². The van der Waals surface area contributed by atoms with Gasteiger partial charge in [0.2, 0.25) is 10.0 Å². The summed E-state index contributed by atoms with van der Waals surface area (Å²) in [6, 6.07) is 7.29. The van der Waals surface area contributed by atoms with Gasteiger partial charge in [-0.3, -0.25) is 4.79 Å². The van der Waals surface area contributed by atoms with Crippen LogP contribution in [0.3, 0.4) is 0 Å². The fourth-order valence-corrected chi connectivity index (χ4v) is 4.37. The Kier molecular flexibility index (Phi) is 7.00. The molecule has 0 unspecified atom stereocenters. The van der Waals surface area contributed by atoms with Crippen LogP contribution in [0.4, 0.5) is 5.69 Å². The second kappa shape index (κ2) is 8.26. The fraction of sp³-hybridized carbons (Fsp3) is 0.462. The largest absolute Gasteiger partial charge is 0.468 e. The molecule has 0 heterocycles. The number of likely N-dealkylation sites (N-methyl/N-ethyl adjacent to an activating group) is 1. The SMILES string of the molecule is CCN(CC(=O)OC)S(=O)(=O)CCSc1ccccc1N. The minimum atomic E-state index is -3.49. The maximum absolute atomic E-state index is 12.2. The number of benzene rings is 1. The van der Waals surface area contributed by atoms with Gasteiger partial charge in [-0.05, 0) is 12.1 Å². The summed E-state index contributed by atoms with van der Waals surface area (Å²) >= 11 is 1.38. The molecule has 0 amide bonds. The zero-order valence-corrected chi connectivity index (χ0v) is 13.7. The number of rotatable bonds is 8. The molecule has 0 aliphatic heterocycles. The molecule has 0 aromatic heterocycles. The maximum atomic E-state index is 12.2. The van der Waals surface area contributed by atoms with Gasteiger partial charge in [-0.2, -0.15) is 4.31 Å².